The maximum absolute atomic E-state index is 11.9. The molecule has 1 aromatic heterocycles. The first-order valence-corrected chi connectivity index (χ1v) is 2.68. The van der Waals surface area contributed by atoms with Crippen LogP contribution in [0.15, 0.2) is 23.0 Å². The highest BCUT2D eigenvalue weighted by molar-refractivity contribution is 5.06. The SMILES string of the molecule is [2H]c1cc(C(F)(F)F)[nH]c(=O)c1. The first kappa shape index (κ1) is 6.45. The molecule has 0 aliphatic heterocycles. The monoisotopic (exact) mass is 164 g/mol. The summed E-state index contributed by atoms with van der Waals surface area (Å²) in [5.41, 5.74) is -2.12. The van der Waals surface area contributed by atoms with Crippen LogP contribution < -0.4 is 5.56 Å². The number of H-pyrrole nitrogens is 1. The molecule has 0 aromatic carbocycles. The molecule has 0 aliphatic rings. The van der Waals surface area contributed by atoms with Gasteiger partial charge < -0.3 is 4.98 Å². The molecule has 0 bridgehead atoms. The molecule has 0 saturated heterocycles. The minimum Gasteiger partial charge on any atom is -0.318 e. The van der Waals surface area contributed by atoms with Crippen molar-refractivity contribution in [3.63, 3.8) is 0 Å². The Hall–Kier alpha value is -1.26. The van der Waals surface area contributed by atoms with Gasteiger partial charge in [0.25, 0.3) is 0 Å². The van der Waals surface area contributed by atoms with Crippen LogP contribution in [0, 0.1) is 0 Å². The summed E-state index contributed by atoms with van der Waals surface area (Å²) >= 11 is 0. The van der Waals surface area contributed by atoms with E-state index in [4.69, 9.17) is 1.37 Å². The molecule has 1 N–H and O–H groups in total. The fourth-order valence-electron chi connectivity index (χ4n) is 0.558. The number of pyridine rings is 1. The van der Waals surface area contributed by atoms with E-state index in [0.29, 0.717) is 6.07 Å². The van der Waals surface area contributed by atoms with Crippen molar-refractivity contribution in [2.75, 3.05) is 0 Å². The smallest absolute Gasteiger partial charge is 0.318 e. The fourth-order valence-corrected chi connectivity index (χ4v) is 0.558. The van der Waals surface area contributed by atoms with E-state index in [1.807, 2.05) is 0 Å². The van der Waals surface area contributed by atoms with Gasteiger partial charge in [0, 0.05) is 6.07 Å². The number of hydrogen-bond donors (Lipinski definition) is 1. The van der Waals surface area contributed by atoms with Crippen LogP contribution >= 0.6 is 0 Å². The van der Waals surface area contributed by atoms with E-state index in [0.717, 1.165) is 6.07 Å². The first-order chi connectivity index (χ1) is 5.39. The number of nitrogens with one attached hydrogen (secondary N) is 1. The Morgan fingerprint density at radius 1 is 1.45 bits per heavy atom. The Morgan fingerprint density at radius 3 is 2.55 bits per heavy atom. The predicted molar refractivity (Wildman–Crippen MR) is 32.1 cm³/mol. The van der Waals surface area contributed by atoms with E-state index in [2.05, 4.69) is 0 Å². The van der Waals surface area contributed by atoms with Crippen molar-refractivity contribution >= 4 is 0 Å². The van der Waals surface area contributed by atoms with Crippen LogP contribution in [0.1, 0.15) is 7.06 Å². The van der Waals surface area contributed by atoms with E-state index in [-0.39, 0.29) is 0 Å². The summed E-state index contributed by atoms with van der Waals surface area (Å²) in [5.74, 6) is 0. The average molecular weight is 164 g/mol. The molecule has 2 nitrogen and oxygen atoms in total. The summed E-state index contributed by atoms with van der Waals surface area (Å²) in [7, 11) is 0. The van der Waals surface area contributed by atoms with Crippen LogP contribution in [-0.4, -0.2) is 4.98 Å². The quantitative estimate of drug-likeness (QED) is 0.617. The lowest BCUT2D eigenvalue weighted by atomic mass is 10.3. The van der Waals surface area contributed by atoms with Gasteiger partial charge in [0.15, 0.2) is 0 Å². The van der Waals surface area contributed by atoms with Gasteiger partial charge in [-0.15, -0.1) is 0 Å². The number of hydrogen-bond acceptors (Lipinski definition) is 1. The van der Waals surface area contributed by atoms with Gasteiger partial charge in [0.05, 0.1) is 1.37 Å². The van der Waals surface area contributed by atoms with Gasteiger partial charge in [-0.1, -0.05) is 6.04 Å². The first-order valence-electron chi connectivity index (χ1n) is 3.18. The molecule has 0 unspecified atom stereocenters. The molecule has 1 rings (SSSR count). The predicted octanol–water partition coefficient (Wildman–Crippen LogP) is 1.39. The summed E-state index contributed by atoms with van der Waals surface area (Å²) in [5, 5.41) is 0. The van der Waals surface area contributed by atoms with Crippen molar-refractivity contribution in [2.45, 2.75) is 6.18 Å². The summed E-state index contributed by atoms with van der Waals surface area (Å²) in [6.45, 7) is 0. The Kier molecular flexibility index (Phi) is 1.41. The van der Waals surface area contributed by atoms with Gasteiger partial charge in [0.2, 0.25) is 5.56 Å². The Morgan fingerprint density at radius 2 is 2.09 bits per heavy atom. The van der Waals surface area contributed by atoms with Gasteiger partial charge >= 0.3 is 6.18 Å². The maximum atomic E-state index is 11.9. The van der Waals surface area contributed by atoms with Crippen LogP contribution in [0.4, 0.5) is 13.2 Å². The minimum atomic E-state index is -4.60. The van der Waals surface area contributed by atoms with Crippen LogP contribution in [0.5, 0.6) is 0 Å². The molecule has 0 fully saturated rings. The van der Waals surface area contributed by atoms with Crippen LogP contribution in [0.2, 0.25) is 0 Å². The number of rotatable bonds is 0. The van der Waals surface area contributed by atoms with E-state index < -0.39 is 23.5 Å². The van der Waals surface area contributed by atoms with E-state index in [9.17, 15) is 18.0 Å². The number of aromatic nitrogens is 1. The third kappa shape index (κ3) is 1.83. The third-order valence-corrected chi connectivity index (χ3v) is 1.01. The second-order valence-electron chi connectivity index (χ2n) is 1.86. The van der Waals surface area contributed by atoms with E-state index in [1.165, 1.54) is 0 Å². The van der Waals surface area contributed by atoms with Gasteiger partial charge in [0.1, 0.15) is 5.69 Å². The molecule has 0 saturated carbocycles. The minimum absolute atomic E-state index is 0.453. The topological polar surface area (TPSA) is 32.9 Å². The molecule has 0 spiro atoms. The maximum Gasteiger partial charge on any atom is 0.431 e. The lowest BCUT2D eigenvalue weighted by Crippen LogP contribution is -2.14. The standard InChI is InChI=1S/C6H4F3NO/c7-6(8,9)4-2-1-3-5(11)10-4/h1-3H,(H,10,11)/i1D. The highest BCUT2D eigenvalue weighted by Gasteiger charge is 2.31. The molecule has 0 amide bonds. The second kappa shape index (κ2) is 2.41. The summed E-state index contributed by atoms with van der Waals surface area (Å²) in [6, 6.07) is 0.877. The molecule has 60 valence electrons. The Labute approximate surface area is 61.1 Å². The number of aromatic amines is 1. The fraction of sp³-hybridized carbons (Fsp3) is 0.167. The zero-order valence-corrected chi connectivity index (χ0v) is 5.20. The molecule has 0 aliphatic carbocycles. The zero-order chi connectivity index (χ0) is 9.35. The highest BCUT2D eigenvalue weighted by Crippen LogP contribution is 2.25. The van der Waals surface area contributed by atoms with Gasteiger partial charge in [-0.25, -0.2) is 0 Å². The van der Waals surface area contributed by atoms with Crippen LogP contribution in [-0.2, 0) is 6.18 Å². The van der Waals surface area contributed by atoms with Crippen molar-refractivity contribution in [3.05, 3.63) is 34.2 Å². The van der Waals surface area contributed by atoms with Crippen molar-refractivity contribution < 1.29 is 14.5 Å². The lowest BCUT2D eigenvalue weighted by molar-refractivity contribution is -0.141. The molecule has 1 aromatic rings. The van der Waals surface area contributed by atoms with E-state index >= 15 is 0 Å². The summed E-state index contributed by atoms with van der Waals surface area (Å²) in [4.78, 5) is 12.1. The largest absolute Gasteiger partial charge is 0.431 e. The molecule has 1 heterocycles. The van der Waals surface area contributed by atoms with Crippen molar-refractivity contribution in [1.82, 2.24) is 4.98 Å². The lowest BCUT2D eigenvalue weighted by Gasteiger charge is -2.03. The molecular weight excluding hydrogens is 159 g/mol. The van der Waals surface area contributed by atoms with Gasteiger partial charge in [-0.3, -0.25) is 4.79 Å². The Balaban J connectivity index is 3.27. The van der Waals surface area contributed by atoms with Gasteiger partial charge in [-0.2, -0.15) is 13.2 Å². The van der Waals surface area contributed by atoms with E-state index in [1.54, 1.807) is 4.98 Å². The van der Waals surface area contributed by atoms with Crippen molar-refractivity contribution in [2.24, 2.45) is 0 Å². The van der Waals surface area contributed by atoms with Gasteiger partial charge in [-0.05, 0) is 6.07 Å². The summed E-state index contributed by atoms with van der Waals surface area (Å²) < 4.78 is 42.5. The normalized spacial score (nSPS) is 12.8. The molecule has 0 radical (unpaired) electrons. The Bertz CT molecular complexity index is 343. The average Bonchev–Trinajstić information content (AvgIpc) is 1.82. The number of alkyl halides is 3. The molecular formula is C6H4F3NO. The number of halogens is 3. The van der Waals surface area contributed by atoms with Crippen molar-refractivity contribution in [1.29, 1.82) is 0 Å². The second-order valence-corrected chi connectivity index (χ2v) is 1.86. The van der Waals surface area contributed by atoms with Crippen molar-refractivity contribution in [3.8, 4) is 0 Å². The highest BCUT2D eigenvalue weighted by atomic mass is 19.4. The molecule has 0 atom stereocenters. The van der Waals surface area contributed by atoms with Crippen LogP contribution in [0.3, 0.4) is 0 Å². The molecule has 5 heteroatoms. The third-order valence-electron chi connectivity index (χ3n) is 1.01. The zero-order valence-electron chi connectivity index (χ0n) is 6.20. The summed E-state index contributed by atoms with van der Waals surface area (Å²) in [6.07, 6.45) is -4.60. The molecule has 11 heavy (non-hydrogen) atoms. The van der Waals surface area contributed by atoms with Crippen LogP contribution in [0.25, 0.3) is 0 Å².